The molecule has 2 aromatic heterocycles. The lowest BCUT2D eigenvalue weighted by atomic mass is 10.1. The zero-order chi connectivity index (χ0) is 11.7. The van der Waals surface area contributed by atoms with Gasteiger partial charge in [-0.15, -0.1) is 10.2 Å². The first kappa shape index (κ1) is 11.1. The summed E-state index contributed by atoms with van der Waals surface area (Å²) in [6.45, 7) is 6.33. The Morgan fingerprint density at radius 3 is 2.62 bits per heavy atom. The summed E-state index contributed by atoms with van der Waals surface area (Å²) in [6, 6.07) is 4.02. The minimum atomic E-state index is 0.0405. The Morgan fingerprint density at radius 1 is 1.25 bits per heavy atom. The minimum absolute atomic E-state index is 0.0405. The van der Waals surface area contributed by atoms with Crippen LogP contribution in [0.3, 0.4) is 0 Å². The monoisotopic (exact) mass is 218 g/mol. The lowest BCUT2D eigenvalue weighted by Gasteiger charge is -2.07. The number of nitrogens with zero attached hydrogens (tertiary/aromatic N) is 3. The molecular weight excluding hydrogens is 200 g/mol. The maximum absolute atomic E-state index is 5.87. The van der Waals surface area contributed by atoms with Crippen LogP contribution in [0, 0.1) is 5.92 Å². The predicted octanol–water partition coefficient (Wildman–Crippen LogP) is 1.95. The molecule has 0 aliphatic carbocycles. The summed E-state index contributed by atoms with van der Waals surface area (Å²) in [4.78, 5) is 0. The van der Waals surface area contributed by atoms with Crippen LogP contribution in [-0.2, 0) is 6.42 Å². The van der Waals surface area contributed by atoms with Crippen LogP contribution in [0.5, 0.6) is 0 Å². The molecule has 2 aromatic rings. The number of rotatable bonds is 3. The quantitative estimate of drug-likeness (QED) is 0.856. The molecular formula is C12H18N4. The Bertz CT molecular complexity index is 485. The second-order valence-electron chi connectivity index (χ2n) is 4.69. The smallest absolute Gasteiger partial charge is 0.160 e. The molecule has 0 bridgehead atoms. The molecule has 86 valence electrons. The second-order valence-corrected chi connectivity index (χ2v) is 4.69. The van der Waals surface area contributed by atoms with Gasteiger partial charge >= 0.3 is 0 Å². The van der Waals surface area contributed by atoms with E-state index in [0.717, 1.165) is 23.5 Å². The van der Waals surface area contributed by atoms with Gasteiger partial charge in [-0.25, -0.2) is 0 Å². The molecule has 0 saturated heterocycles. The zero-order valence-electron chi connectivity index (χ0n) is 10.0. The molecule has 0 fully saturated rings. The number of pyridine rings is 1. The fraction of sp³-hybridized carbons (Fsp3) is 0.500. The number of aromatic nitrogens is 3. The number of hydrogen-bond donors (Lipinski definition) is 1. The van der Waals surface area contributed by atoms with Crippen molar-refractivity contribution in [3.8, 4) is 0 Å². The molecule has 0 radical (unpaired) electrons. The highest BCUT2D eigenvalue weighted by atomic mass is 15.2. The third kappa shape index (κ3) is 2.07. The van der Waals surface area contributed by atoms with Gasteiger partial charge in [-0.3, -0.25) is 4.40 Å². The third-order valence-electron chi connectivity index (χ3n) is 2.61. The Kier molecular flexibility index (Phi) is 2.92. The molecule has 2 N–H and O–H groups in total. The van der Waals surface area contributed by atoms with Gasteiger partial charge in [-0.05, 0) is 24.5 Å². The van der Waals surface area contributed by atoms with E-state index < -0.39 is 0 Å². The van der Waals surface area contributed by atoms with Crippen molar-refractivity contribution in [2.24, 2.45) is 11.7 Å². The number of fused-ring (bicyclic) bond motifs is 1. The van der Waals surface area contributed by atoms with E-state index in [1.165, 1.54) is 0 Å². The van der Waals surface area contributed by atoms with Crippen molar-refractivity contribution in [1.29, 1.82) is 0 Å². The van der Waals surface area contributed by atoms with Gasteiger partial charge in [0, 0.05) is 18.7 Å². The van der Waals surface area contributed by atoms with Crippen molar-refractivity contribution in [2.45, 2.75) is 33.2 Å². The summed E-state index contributed by atoms with van der Waals surface area (Å²) in [5.74, 6) is 1.58. The van der Waals surface area contributed by atoms with Crippen molar-refractivity contribution in [2.75, 3.05) is 0 Å². The van der Waals surface area contributed by atoms with Gasteiger partial charge in [0.1, 0.15) is 5.82 Å². The van der Waals surface area contributed by atoms with E-state index in [9.17, 15) is 0 Å². The topological polar surface area (TPSA) is 56.2 Å². The van der Waals surface area contributed by atoms with E-state index in [0.29, 0.717) is 5.92 Å². The van der Waals surface area contributed by atoms with Crippen molar-refractivity contribution in [3.63, 3.8) is 0 Å². The summed E-state index contributed by atoms with van der Waals surface area (Å²) >= 11 is 0. The van der Waals surface area contributed by atoms with Crippen molar-refractivity contribution < 1.29 is 0 Å². The van der Waals surface area contributed by atoms with Gasteiger partial charge < -0.3 is 5.73 Å². The van der Waals surface area contributed by atoms with Crippen LogP contribution in [0.2, 0.25) is 0 Å². The standard InChI is InChI=1S/C12H18N4/c1-8(2)6-12-15-14-11-5-4-10(9(3)13)7-16(11)12/h4-5,7-9H,6,13H2,1-3H3. The Labute approximate surface area is 95.5 Å². The molecule has 4 nitrogen and oxygen atoms in total. The fourth-order valence-electron chi connectivity index (χ4n) is 1.73. The number of hydrogen-bond acceptors (Lipinski definition) is 3. The van der Waals surface area contributed by atoms with Crippen molar-refractivity contribution in [1.82, 2.24) is 14.6 Å². The maximum atomic E-state index is 5.87. The Morgan fingerprint density at radius 2 is 2.00 bits per heavy atom. The third-order valence-corrected chi connectivity index (χ3v) is 2.61. The Hall–Kier alpha value is -1.42. The predicted molar refractivity (Wildman–Crippen MR) is 64.1 cm³/mol. The maximum Gasteiger partial charge on any atom is 0.160 e. The summed E-state index contributed by atoms with van der Waals surface area (Å²) in [6.07, 6.45) is 2.97. The first-order valence-corrected chi connectivity index (χ1v) is 5.67. The molecule has 2 heterocycles. The van der Waals surface area contributed by atoms with Crippen LogP contribution < -0.4 is 5.73 Å². The molecule has 0 saturated carbocycles. The van der Waals surface area contributed by atoms with Crippen LogP contribution in [0.15, 0.2) is 18.3 Å². The summed E-state index contributed by atoms with van der Waals surface area (Å²) in [7, 11) is 0. The minimum Gasteiger partial charge on any atom is -0.324 e. The Balaban J connectivity index is 2.47. The highest BCUT2D eigenvalue weighted by Gasteiger charge is 2.08. The van der Waals surface area contributed by atoms with E-state index in [-0.39, 0.29) is 6.04 Å². The van der Waals surface area contributed by atoms with Gasteiger partial charge in [-0.1, -0.05) is 19.9 Å². The van der Waals surface area contributed by atoms with E-state index >= 15 is 0 Å². The molecule has 2 rings (SSSR count). The van der Waals surface area contributed by atoms with E-state index in [1.54, 1.807) is 0 Å². The average Bonchev–Trinajstić information content (AvgIpc) is 2.60. The molecule has 1 atom stereocenters. The van der Waals surface area contributed by atoms with Gasteiger partial charge in [0.15, 0.2) is 5.65 Å². The van der Waals surface area contributed by atoms with E-state index in [1.807, 2.05) is 29.7 Å². The van der Waals surface area contributed by atoms with Crippen LogP contribution >= 0.6 is 0 Å². The summed E-state index contributed by atoms with van der Waals surface area (Å²) < 4.78 is 2.04. The normalized spacial score (nSPS) is 13.6. The first-order chi connectivity index (χ1) is 7.58. The molecule has 4 heteroatoms. The zero-order valence-corrected chi connectivity index (χ0v) is 10.0. The second kappa shape index (κ2) is 4.22. The van der Waals surface area contributed by atoms with Gasteiger partial charge in [-0.2, -0.15) is 0 Å². The molecule has 0 aliphatic rings. The summed E-state index contributed by atoms with van der Waals surface area (Å²) in [5, 5.41) is 8.35. The summed E-state index contributed by atoms with van der Waals surface area (Å²) in [5.41, 5.74) is 7.87. The van der Waals surface area contributed by atoms with Crippen molar-refractivity contribution >= 4 is 5.65 Å². The van der Waals surface area contributed by atoms with Crippen LogP contribution in [0.25, 0.3) is 5.65 Å². The molecule has 0 aromatic carbocycles. The van der Waals surface area contributed by atoms with Crippen LogP contribution in [0.4, 0.5) is 0 Å². The van der Waals surface area contributed by atoms with Gasteiger partial charge in [0.25, 0.3) is 0 Å². The fourth-order valence-corrected chi connectivity index (χ4v) is 1.73. The number of nitrogens with two attached hydrogens (primary N) is 1. The van der Waals surface area contributed by atoms with Crippen LogP contribution in [0.1, 0.15) is 38.2 Å². The lowest BCUT2D eigenvalue weighted by Crippen LogP contribution is -2.07. The highest BCUT2D eigenvalue weighted by Crippen LogP contribution is 2.14. The molecule has 16 heavy (non-hydrogen) atoms. The largest absolute Gasteiger partial charge is 0.324 e. The SMILES string of the molecule is CC(C)Cc1nnc2ccc(C(C)N)cn12. The highest BCUT2D eigenvalue weighted by molar-refractivity contribution is 5.40. The molecule has 0 spiro atoms. The lowest BCUT2D eigenvalue weighted by molar-refractivity contribution is 0.615. The molecule has 0 aliphatic heterocycles. The van der Waals surface area contributed by atoms with Gasteiger partial charge in [0.05, 0.1) is 0 Å². The molecule has 1 unspecified atom stereocenters. The van der Waals surface area contributed by atoms with Crippen LogP contribution in [-0.4, -0.2) is 14.6 Å². The van der Waals surface area contributed by atoms with E-state index in [4.69, 9.17) is 5.73 Å². The first-order valence-electron chi connectivity index (χ1n) is 5.67. The molecule has 0 amide bonds. The van der Waals surface area contributed by atoms with Gasteiger partial charge in [0.2, 0.25) is 0 Å². The van der Waals surface area contributed by atoms with Crippen molar-refractivity contribution in [3.05, 3.63) is 29.7 Å². The average molecular weight is 218 g/mol. The van der Waals surface area contributed by atoms with E-state index in [2.05, 4.69) is 24.0 Å².